The van der Waals surface area contributed by atoms with Gasteiger partial charge in [-0.25, -0.2) is 9.50 Å². The molecular weight excluding hydrogens is 340 g/mol. The Morgan fingerprint density at radius 3 is 2.72 bits per heavy atom. The first-order chi connectivity index (χ1) is 12.0. The highest BCUT2D eigenvalue weighted by Crippen LogP contribution is 2.27. The van der Waals surface area contributed by atoms with Crippen LogP contribution in [0.25, 0.3) is 4.96 Å². The molecule has 0 aliphatic rings. The topological polar surface area (TPSA) is 77.8 Å². The molecular formula is C17H20N4O3S. The summed E-state index contributed by atoms with van der Waals surface area (Å²) >= 11 is 1.53. The van der Waals surface area contributed by atoms with Crippen molar-refractivity contribution in [2.24, 2.45) is 0 Å². The maximum absolute atomic E-state index is 12.3. The van der Waals surface area contributed by atoms with Crippen molar-refractivity contribution in [3.05, 3.63) is 40.2 Å². The number of hydrogen-bond acceptors (Lipinski definition) is 6. The third-order valence-electron chi connectivity index (χ3n) is 3.86. The number of carbonyl (C=O) groups excluding carboxylic acids is 1. The van der Waals surface area contributed by atoms with E-state index in [-0.39, 0.29) is 12.3 Å². The van der Waals surface area contributed by atoms with Crippen LogP contribution < -0.4 is 14.8 Å². The van der Waals surface area contributed by atoms with Gasteiger partial charge in [0.25, 0.3) is 0 Å². The van der Waals surface area contributed by atoms with Crippen LogP contribution in [-0.2, 0) is 17.8 Å². The average Bonchev–Trinajstić information content (AvgIpc) is 3.07. The van der Waals surface area contributed by atoms with Crippen molar-refractivity contribution < 1.29 is 14.3 Å². The largest absolute Gasteiger partial charge is 0.493 e. The number of aryl methyl sites for hydroxylation is 2. The highest BCUT2D eigenvalue weighted by atomic mass is 32.1. The van der Waals surface area contributed by atoms with E-state index >= 15 is 0 Å². The molecule has 3 rings (SSSR count). The Balaban J connectivity index is 1.67. The molecule has 0 aliphatic carbocycles. The zero-order valence-electron chi connectivity index (χ0n) is 14.6. The number of nitrogens with zero attached hydrogens (tertiary/aromatic N) is 3. The maximum atomic E-state index is 12.3. The molecule has 3 aromatic rings. The average molecular weight is 360 g/mol. The zero-order valence-corrected chi connectivity index (χ0v) is 15.4. The molecule has 2 heterocycles. The van der Waals surface area contributed by atoms with Crippen molar-refractivity contribution in [2.75, 3.05) is 14.2 Å². The Kier molecular flexibility index (Phi) is 4.89. The standard InChI is InChI=1S/C17H20N4O3S/c1-10-13(21-17(19-10)25-11(2)20-21)9-18-16(22)8-12-5-6-14(23-3)15(7-12)24-4/h5-7H,8-9H2,1-4H3,(H,18,22). The Labute approximate surface area is 149 Å². The van der Waals surface area contributed by atoms with Crippen LogP contribution in [-0.4, -0.2) is 34.7 Å². The summed E-state index contributed by atoms with van der Waals surface area (Å²) in [6.07, 6.45) is 0.261. The van der Waals surface area contributed by atoms with Crippen LogP contribution in [0.5, 0.6) is 11.5 Å². The van der Waals surface area contributed by atoms with E-state index in [2.05, 4.69) is 15.4 Å². The summed E-state index contributed by atoms with van der Waals surface area (Å²) < 4.78 is 12.3. The number of nitrogens with one attached hydrogen (secondary N) is 1. The van der Waals surface area contributed by atoms with Gasteiger partial charge in [0.05, 0.1) is 38.6 Å². The SMILES string of the molecule is COc1ccc(CC(=O)NCc2c(C)nc3sc(C)nn23)cc1OC. The van der Waals surface area contributed by atoms with Crippen molar-refractivity contribution >= 4 is 22.2 Å². The van der Waals surface area contributed by atoms with E-state index in [9.17, 15) is 4.79 Å². The van der Waals surface area contributed by atoms with Crippen molar-refractivity contribution in [3.63, 3.8) is 0 Å². The van der Waals surface area contributed by atoms with Crippen molar-refractivity contribution in [1.29, 1.82) is 0 Å². The summed E-state index contributed by atoms with van der Waals surface area (Å²) in [6, 6.07) is 5.46. The van der Waals surface area contributed by atoms with E-state index in [1.807, 2.05) is 26.0 Å². The van der Waals surface area contributed by atoms with E-state index in [1.165, 1.54) is 11.3 Å². The van der Waals surface area contributed by atoms with Crippen LogP contribution >= 0.6 is 11.3 Å². The van der Waals surface area contributed by atoms with Gasteiger partial charge in [-0.2, -0.15) is 5.10 Å². The van der Waals surface area contributed by atoms with Crippen LogP contribution in [0.15, 0.2) is 18.2 Å². The molecule has 1 aromatic carbocycles. The zero-order chi connectivity index (χ0) is 18.0. The molecule has 0 aliphatic heterocycles. The number of hydrogen-bond donors (Lipinski definition) is 1. The molecule has 8 heteroatoms. The van der Waals surface area contributed by atoms with Gasteiger partial charge in [0, 0.05) is 0 Å². The highest BCUT2D eigenvalue weighted by Gasteiger charge is 2.14. The second kappa shape index (κ2) is 7.10. The summed E-state index contributed by atoms with van der Waals surface area (Å²) in [4.78, 5) is 17.6. The van der Waals surface area contributed by atoms with Gasteiger partial charge in [0.2, 0.25) is 10.9 Å². The normalized spacial score (nSPS) is 10.9. The molecule has 132 valence electrons. The first-order valence-corrected chi connectivity index (χ1v) is 8.62. The summed E-state index contributed by atoms with van der Waals surface area (Å²) in [6.45, 7) is 4.25. The van der Waals surface area contributed by atoms with E-state index in [0.717, 1.165) is 26.9 Å². The second-order valence-electron chi connectivity index (χ2n) is 5.60. The minimum atomic E-state index is -0.0754. The number of imidazole rings is 1. The monoisotopic (exact) mass is 360 g/mol. The minimum Gasteiger partial charge on any atom is -0.493 e. The van der Waals surface area contributed by atoms with Crippen molar-refractivity contribution in [3.8, 4) is 11.5 Å². The Morgan fingerprint density at radius 2 is 2.00 bits per heavy atom. The maximum Gasteiger partial charge on any atom is 0.224 e. The summed E-state index contributed by atoms with van der Waals surface area (Å²) in [5.41, 5.74) is 2.64. The molecule has 2 aromatic heterocycles. The van der Waals surface area contributed by atoms with Crippen molar-refractivity contribution in [1.82, 2.24) is 19.9 Å². The van der Waals surface area contributed by atoms with E-state index in [4.69, 9.17) is 9.47 Å². The van der Waals surface area contributed by atoms with Gasteiger partial charge in [0.15, 0.2) is 11.5 Å². The third-order valence-corrected chi connectivity index (χ3v) is 4.69. The molecule has 1 amide bonds. The molecule has 0 radical (unpaired) electrons. The quantitative estimate of drug-likeness (QED) is 0.730. The van der Waals surface area contributed by atoms with E-state index in [0.29, 0.717) is 18.0 Å². The fraction of sp³-hybridized carbons (Fsp3) is 0.353. The molecule has 0 atom stereocenters. The number of fused-ring (bicyclic) bond motifs is 1. The fourth-order valence-electron chi connectivity index (χ4n) is 2.61. The van der Waals surface area contributed by atoms with Gasteiger partial charge in [-0.3, -0.25) is 4.79 Å². The van der Waals surface area contributed by atoms with Gasteiger partial charge in [-0.1, -0.05) is 17.4 Å². The third kappa shape index (κ3) is 3.58. The Bertz CT molecular complexity index is 916. The summed E-state index contributed by atoms with van der Waals surface area (Å²) in [5, 5.41) is 8.31. The first kappa shape index (κ1) is 17.2. The van der Waals surface area contributed by atoms with Gasteiger partial charge in [-0.05, 0) is 31.5 Å². The number of ether oxygens (including phenoxy) is 2. The van der Waals surface area contributed by atoms with Crippen LogP contribution in [0.2, 0.25) is 0 Å². The molecule has 0 saturated carbocycles. The van der Waals surface area contributed by atoms with Crippen LogP contribution in [0, 0.1) is 13.8 Å². The minimum absolute atomic E-state index is 0.0754. The lowest BCUT2D eigenvalue weighted by Crippen LogP contribution is -2.25. The van der Waals surface area contributed by atoms with Crippen LogP contribution in [0.1, 0.15) is 22.0 Å². The Hall–Kier alpha value is -2.61. The highest BCUT2D eigenvalue weighted by molar-refractivity contribution is 7.16. The number of aromatic nitrogens is 3. The van der Waals surface area contributed by atoms with Crippen LogP contribution in [0.3, 0.4) is 0 Å². The number of rotatable bonds is 6. The molecule has 0 bridgehead atoms. The van der Waals surface area contributed by atoms with Gasteiger partial charge in [0.1, 0.15) is 5.01 Å². The molecule has 0 spiro atoms. The number of benzene rings is 1. The predicted octanol–water partition coefficient (Wildman–Crippen LogP) is 2.28. The van der Waals surface area contributed by atoms with Gasteiger partial charge in [-0.15, -0.1) is 0 Å². The first-order valence-electron chi connectivity index (χ1n) is 7.81. The predicted molar refractivity (Wildman–Crippen MR) is 95.4 cm³/mol. The van der Waals surface area contributed by atoms with Gasteiger partial charge >= 0.3 is 0 Å². The lowest BCUT2D eigenvalue weighted by atomic mass is 10.1. The van der Waals surface area contributed by atoms with Gasteiger partial charge < -0.3 is 14.8 Å². The van der Waals surface area contributed by atoms with Crippen molar-refractivity contribution in [2.45, 2.75) is 26.8 Å². The molecule has 0 unspecified atom stereocenters. The number of carbonyl (C=O) groups is 1. The number of amides is 1. The van der Waals surface area contributed by atoms with E-state index < -0.39 is 0 Å². The Morgan fingerprint density at radius 1 is 1.24 bits per heavy atom. The number of methoxy groups -OCH3 is 2. The van der Waals surface area contributed by atoms with Crippen LogP contribution in [0.4, 0.5) is 0 Å². The molecule has 1 N–H and O–H groups in total. The fourth-order valence-corrected chi connectivity index (χ4v) is 3.42. The molecule has 7 nitrogen and oxygen atoms in total. The molecule has 0 saturated heterocycles. The summed E-state index contributed by atoms with van der Waals surface area (Å²) in [7, 11) is 3.16. The smallest absolute Gasteiger partial charge is 0.224 e. The lowest BCUT2D eigenvalue weighted by molar-refractivity contribution is -0.120. The molecule has 25 heavy (non-hydrogen) atoms. The second-order valence-corrected chi connectivity index (χ2v) is 6.76. The molecule has 0 fully saturated rings. The lowest BCUT2D eigenvalue weighted by Gasteiger charge is -2.10. The van der Waals surface area contributed by atoms with E-state index in [1.54, 1.807) is 24.8 Å². The summed E-state index contributed by atoms with van der Waals surface area (Å²) in [5.74, 6) is 1.18.